The lowest BCUT2D eigenvalue weighted by Gasteiger charge is -2.24. The summed E-state index contributed by atoms with van der Waals surface area (Å²) in [6, 6.07) is 5.73. The van der Waals surface area contributed by atoms with Gasteiger partial charge in [-0.2, -0.15) is 36.6 Å². The molecule has 1 aliphatic heterocycles. The first-order valence-electron chi connectivity index (χ1n) is 9.90. The Morgan fingerprint density at radius 1 is 1.21 bits per heavy atom. The highest BCUT2D eigenvalue weighted by Gasteiger charge is 2.38. The number of nitrogens with zero attached hydrogens (tertiary/aromatic N) is 2. The molecule has 0 unspecified atom stereocenters. The van der Waals surface area contributed by atoms with Crippen LogP contribution in [0.15, 0.2) is 12.1 Å². The van der Waals surface area contributed by atoms with Crippen molar-refractivity contribution < 1.29 is 66.1 Å². The van der Waals surface area contributed by atoms with Gasteiger partial charge in [-0.3, -0.25) is 0 Å². The Morgan fingerprint density at radius 3 is 2.15 bits per heavy atom. The number of aromatic nitrogens is 1. The second-order valence-corrected chi connectivity index (χ2v) is 6.71. The number of ether oxygens (including phenoxy) is 4. The summed E-state index contributed by atoms with van der Waals surface area (Å²) in [5.74, 6) is -0.468. The number of hydrogen-bond donors (Lipinski definition) is 3. The summed E-state index contributed by atoms with van der Waals surface area (Å²) in [6.45, 7) is -2.65. The fourth-order valence-electron chi connectivity index (χ4n) is 2.88. The molecule has 220 valence electrons. The second-order valence-electron chi connectivity index (χ2n) is 6.71. The molecule has 8 N–H and O–H groups in total. The van der Waals surface area contributed by atoms with E-state index >= 15 is 0 Å². The number of pyridine rings is 1. The smallest absolute Gasteiger partial charge is 0.490 e. The summed E-state index contributed by atoms with van der Waals surface area (Å²) in [5.41, 5.74) is 8.54. The van der Waals surface area contributed by atoms with E-state index < -0.39 is 18.8 Å². The van der Waals surface area contributed by atoms with Crippen molar-refractivity contribution in [3.8, 4) is 29.2 Å². The number of fused-ring (bicyclic) bond motifs is 2. The number of nitriles is 1. The summed E-state index contributed by atoms with van der Waals surface area (Å²) in [6.07, 6.45) is -4.57. The van der Waals surface area contributed by atoms with E-state index in [1.165, 1.54) is 0 Å². The SMILES string of the molecule is COCCNc1c(C#N)c(N)nc2c1Cc1cc(OC)c(OC)cc1O2.FC(F)F.O.O.O=C(O)C(F)(F)F. The molecule has 0 aliphatic carbocycles. The van der Waals surface area contributed by atoms with Crippen LogP contribution < -0.4 is 25.3 Å². The predicted molar refractivity (Wildman–Crippen MR) is 124 cm³/mol. The third kappa shape index (κ3) is 10.6. The van der Waals surface area contributed by atoms with Crippen LogP contribution in [0.25, 0.3) is 0 Å². The molecule has 1 aliphatic rings. The summed E-state index contributed by atoms with van der Waals surface area (Å²) < 4.78 is 82.4. The topological polar surface area (TPSA) is 212 Å². The number of anilines is 2. The molecule has 18 heteroatoms. The van der Waals surface area contributed by atoms with Crippen LogP contribution in [0.1, 0.15) is 16.7 Å². The zero-order valence-corrected chi connectivity index (χ0v) is 20.6. The maximum Gasteiger partial charge on any atom is 0.490 e. The molecule has 39 heavy (non-hydrogen) atoms. The Balaban J connectivity index is 0. The molecule has 1 aromatic heterocycles. The number of alkyl halides is 6. The van der Waals surface area contributed by atoms with Crippen LogP contribution in [0.5, 0.6) is 23.1 Å². The summed E-state index contributed by atoms with van der Waals surface area (Å²) in [5, 5.41) is 19.8. The van der Waals surface area contributed by atoms with E-state index in [0.717, 1.165) is 11.1 Å². The van der Waals surface area contributed by atoms with Crippen molar-refractivity contribution in [2.75, 3.05) is 45.5 Å². The van der Waals surface area contributed by atoms with Gasteiger partial charge in [0.2, 0.25) is 5.88 Å². The number of benzene rings is 1. The first kappa shape index (κ1) is 36.9. The minimum atomic E-state index is -5.08. The van der Waals surface area contributed by atoms with Crippen LogP contribution in [0.4, 0.5) is 37.8 Å². The summed E-state index contributed by atoms with van der Waals surface area (Å²) >= 11 is 0. The number of carboxylic acids is 1. The fraction of sp³-hybridized carbons (Fsp3) is 0.381. The quantitative estimate of drug-likeness (QED) is 0.288. The zero-order chi connectivity index (χ0) is 28.3. The molecular formula is C21H26F6N4O8. The van der Waals surface area contributed by atoms with Crippen molar-refractivity contribution >= 4 is 17.5 Å². The molecule has 0 amide bonds. The molecule has 0 saturated carbocycles. The highest BCUT2D eigenvalue weighted by molar-refractivity contribution is 5.75. The number of nitrogens with one attached hydrogen (secondary N) is 1. The van der Waals surface area contributed by atoms with E-state index in [0.29, 0.717) is 54.0 Å². The molecule has 3 rings (SSSR count). The molecular weight excluding hydrogens is 550 g/mol. The van der Waals surface area contributed by atoms with E-state index in [-0.39, 0.29) is 16.8 Å². The Labute approximate surface area is 217 Å². The van der Waals surface area contributed by atoms with Gasteiger partial charge in [0.15, 0.2) is 11.5 Å². The van der Waals surface area contributed by atoms with E-state index in [1.54, 1.807) is 27.4 Å². The number of hydrogen-bond acceptors (Lipinski definition) is 9. The van der Waals surface area contributed by atoms with Gasteiger partial charge >= 0.3 is 18.8 Å². The monoisotopic (exact) mass is 576 g/mol. The summed E-state index contributed by atoms with van der Waals surface area (Å²) in [4.78, 5) is 13.2. The molecule has 0 atom stereocenters. The van der Waals surface area contributed by atoms with Crippen LogP contribution in [0, 0.1) is 11.3 Å². The minimum absolute atomic E-state index is 0. The van der Waals surface area contributed by atoms with E-state index in [2.05, 4.69) is 16.4 Å². The lowest BCUT2D eigenvalue weighted by Crippen LogP contribution is -2.21. The van der Waals surface area contributed by atoms with Gasteiger partial charge in [-0.1, -0.05) is 0 Å². The maximum atomic E-state index is 10.6. The number of halogens is 6. The van der Waals surface area contributed by atoms with Gasteiger partial charge in [0.25, 0.3) is 0 Å². The number of methoxy groups -OCH3 is 3. The fourth-order valence-corrected chi connectivity index (χ4v) is 2.88. The molecule has 12 nitrogen and oxygen atoms in total. The van der Waals surface area contributed by atoms with Crippen LogP contribution in [-0.2, 0) is 16.0 Å². The van der Waals surface area contributed by atoms with Crippen molar-refractivity contribution in [1.82, 2.24) is 4.98 Å². The van der Waals surface area contributed by atoms with E-state index in [9.17, 15) is 31.6 Å². The van der Waals surface area contributed by atoms with Crippen molar-refractivity contribution in [2.45, 2.75) is 19.3 Å². The molecule has 1 aromatic carbocycles. The molecule has 0 radical (unpaired) electrons. The van der Waals surface area contributed by atoms with Crippen LogP contribution in [0.2, 0.25) is 0 Å². The molecule has 2 aromatic rings. The maximum absolute atomic E-state index is 10.6. The Morgan fingerprint density at radius 2 is 1.72 bits per heavy atom. The van der Waals surface area contributed by atoms with Gasteiger partial charge in [0, 0.05) is 37.3 Å². The molecule has 0 bridgehead atoms. The number of nitrogen functional groups attached to an aromatic ring is 1. The standard InChI is InChI=1S/C18H20N4O4.C2HF3O2.CHF3.2H2O/c1-23-5-4-21-16-11-6-10-7-14(24-2)15(25-3)8-13(10)26-18(11)22-17(20)12(16)9-19;3-2(4,5)1(6)7;2-1(3)4;;/h7-8H,4-6H2,1-3H3,(H3,20,21,22);(H,6,7);1H;2*1H2. The second kappa shape index (κ2) is 16.6. The lowest BCUT2D eigenvalue weighted by molar-refractivity contribution is -0.192. The number of nitrogens with two attached hydrogens (primary N) is 1. The highest BCUT2D eigenvalue weighted by atomic mass is 19.4. The van der Waals surface area contributed by atoms with Crippen LogP contribution in [-0.4, -0.2) is 74.3 Å². The van der Waals surface area contributed by atoms with Gasteiger partial charge in [0.1, 0.15) is 23.2 Å². The van der Waals surface area contributed by atoms with Gasteiger partial charge in [-0.15, -0.1) is 0 Å². The average molecular weight is 576 g/mol. The largest absolute Gasteiger partial charge is 0.493 e. The lowest BCUT2D eigenvalue weighted by atomic mass is 9.98. The Kier molecular flexibility index (Phi) is 15.7. The Hall–Kier alpha value is -4.21. The molecule has 2 heterocycles. The van der Waals surface area contributed by atoms with E-state index in [4.69, 9.17) is 34.6 Å². The Bertz CT molecular complexity index is 1130. The highest BCUT2D eigenvalue weighted by Crippen LogP contribution is 2.45. The van der Waals surface area contributed by atoms with Gasteiger partial charge < -0.3 is 46.1 Å². The normalized spacial score (nSPS) is 10.7. The number of aliphatic carboxylic acids is 1. The molecule has 0 fully saturated rings. The molecule has 0 spiro atoms. The molecule has 0 saturated heterocycles. The van der Waals surface area contributed by atoms with Gasteiger partial charge in [-0.25, -0.2) is 4.79 Å². The van der Waals surface area contributed by atoms with Crippen molar-refractivity contribution in [3.63, 3.8) is 0 Å². The van der Waals surface area contributed by atoms with Crippen LogP contribution in [0.3, 0.4) is 0 Å². The summed E-state index contributed by atoms with van der Waals surface area (Å²) in [7, 11) is 4.76. The third-order valence-corrected chi connectivity index (χ3v) is 4.39. The number of carboxylic acid groups (broad SMARTS) is 1. The average Bonchev–Trinajstić information content (AvgIpc) is 2.81. The zero-order valence-electron chi connectivity index (χ0n) is 20.6. The van der Waals surface area contributed by atoms with Gasteiger partial charge in [-0.05, 0) is 6.07 Å². The minimum Gasteiger partial charge on any atom is -0.493 e. The van der Waals surface area contributed by atoms with Gasteiger partial charge in [0.05, 0.1) is 26.5 Å². The number of carbonyl (C=O) groups is 1. The predicted octanol–water partition coefficient (Wildman–Crippen LogP) is 2.47. The van der Waals surface area contributed by atoms with Crippen molar-refractivity contribution in [3.05, 3.63) is 28.8 Å². The van der Waals surface area contributed by atoms with Crippen molar-refractivity contribution in [1.29, 1.82) is 5.26 Å². The van der Waals surface area contributed by atoms with E-state index in [1.807, 2.05) is 6.07 Å². The number of rotatable bonds is 6. The van der Waals surface area contributed by atoms with Crippen LogP contribution >= 0.6 is 0 Å². The first-order chi connectivity index (χ1) is 17.3. The first-order valence-corrected chi connectivity index (χ1v) is 9.90. The van der Waals surface area contributed by atoms with Crippen molar-refractivity contribution in [2.24, 2.45) is 0 Å². The third-order valence-electron chi connectivity index (χ3n) is 4.39.